The van der Waals surface area contributed by atoms with Crippen molar-refractivity contribution in [3.05, 3.63) is 24.3 Å². The number of anilines is 1. The van der Waals surface area contributed by atoms with Crippen LogP contribution in [0.4, 0.5) is 5.69 Å². The third-order valence-electron chi connectivity index (χ3n) is 1.76. The Hall–Kier alpha value is -2.08. The molecule has 0 unspecified atom stereocenters. The highest BCUT2D eigenvalue weighted by molar-refractivity contribution is 6.39. The number of nitrogens with one attached hydrogen (secondary N) is 2. The Kier molecular flexibility index (Phi) is 4.28. The van der Waals surface area contributed by atoms with Gasteiger partial charge in [-0.15, -0.1) is 0 Å². The number of para-hydroxylation sites is 2. The minimum Gasteiger partial charge on any atom is -0.506 e. The Morgan fingerprint density at radius 2 is 1.88 bits per heavy atom. The Bertz CT molecular complexity index is 392. The number of phenols is 1. The maximum Gasteiger partial charge on any atom is 0.313 e. The van der Waals surface area contributed by atoms with E-state index in [0.29, 0.717) is 0 Å². The summed E-state index contributed by atoms with van der Waals surface area (Å²) in [6.45, 7) is -0.233. The Labute approximate surface area is 91.9 Å². The first-order valence-corrected chi connectivity index (χ1v) is 4.63. The molecule has 0 radical (unpaired) electrons. The largest absolute Gasteiger partial charge is 0.506 e. The van der Waals surface area contributed by atoms with E-state index in [1.165, 1.54) is 12.1 Å². The lowest BCUT2D eigenvalue weighted by atomic mass is 10.3. The average Bonchev–Trinajstić information content (AvgIpc) is 2.28. The van der Waals surface area contributed by atoms with Gasteiger partial charge in [-0.05, 0) is 12.1 Å². The summed E-state index contributed by atoms with van der Waals surface area (Å²) in [5, 5.41) is 22.2. The van der Waals surface area contributed by atoms with Gasteiger partial charge >= 0.3 is 11.8 Å². The fourth-order valence-electron chi connectivity index (χ4n) is 1.01. The van der Waals surface area contributed by atoms with Crippen molar-refractivity contribution < 1.29 is 19.8 Å². The highest BCUT2D eigenvalue weighted by Crippen LogP contribution is 2.20. The van der Waals surface area contributed by atoms with Gasteiger partial charge in [0.25, 0.3) is 0 Å². The highest BCUT2D eigenvalue weighted by Gasteiger charge is 2.13. The van der Waals surface area contributed by atoms with Crippen LogP contribution in [0.1, 0.15) is 0 Å². The molecule has 1 aromatic rings. The summed E-state index contributed by atoms with van der Waals surface area (Å²) in [5.74, 6) is -1.88. The van der Waals surface area contributed by atoms with Crippen LogP contribution in [0, 0.1) is 0 Å². The second-order valence-electron chi connectivity index (χ2n) is 2.95. The predicted molar refractivity (Wildman–Crippen MR) is 56.8 cm³/mol. The zero-order valence-electron chi connectivity index (χ0n) is 8.43. The lowest BCUT2D eigenvalue weighted by molar-refractivity contribution is -0.136. The van der Waals surface area contributed by atoms with E-state index in [9.17, 15) is 14.7 Å². The van der Waals surface area contributed by atoms with Gasteiger partial charge in [0, 0.05) is 6.54 Å². The summed E-state index contributed by atoms with van der Waals surface area (Å²) < 4.78 is 0. The van der Waals surface area contributed by atoms with Gasteiger partial charge in [0.05, 0.1) is 12.3 Å². The molecule has 0 aliphatic rings. The van der Waals surface area contributed by atoms with Crippen LogP contribution in [-0.4, -0.2) is 35.2 Å². The second-order valence-corrected chi connectivity index (χ2v) is 2.95. The van der Waals surface area contributed by atoms with Crippen LogP contribution in [0.25, 0.3) is 0 Å². The van der Waals surface area contributed by atoms with E-state index < -0.39 is 11.8 Å². The van der Waals surface area contributed by atoms with Crippen molar-refractivity contribution in [3.8, 4) is 5.75 Å². The monoisotopic (exact) mass is 224 g/mol. The van der Waals surface area contributed by atoms with Gasteiger partial charge in [-0.25, -0.2) is 0 Å². The van der Waals surface area contributed by atoms with Crippen molar-refractivity contribution in [2.45, 2.75) is 0 Å². The molecule has 0 aromatic heterocycles. The lowest BCUT2D eigenvalue weighted by Gasteiger charge is -2.06. The van der Waals surface area contributed by atoms with Crippen LogP contribution in [0.5, 0.6) is 5.75 Å². The zero-order chi connectivity index (χ0) is 12.0. The van der Waals surface area contributed by atoms with Crippen LogP contribution < -0.4 is 10.6 Å². The van der Waals surface area contributed by atoms with Crippen molar-refractivity contribution in [1.82, 2.24) is 5.32 Å². The molecule has 6 heteroatoms. The first-order valence-electron chi connectivity index (χ1n) is 4.63. The molecule has 4 N–H and O–H groups in total. The van der Waals surface area contributed by atoms with Gasteiger partial charge in [-0.3, -0.25) is 9.59 Å². The maximum atomic E-state index is 11.3. The zero-order valence-corrected chi connectivity index (χ0v) is 8.43. The number of carbonyl (C=O) groups excluding carboxylic acids is 2. The quantitative estimate of drug-likeness (QED) is 0.408. The minimum atomic E-state index is -0.894. The van der Waals surface area contributed by atoms with E-state index in [4.69, 9.17) is 5.11 Å². The van der Waals surface area contributed by atoms with Crippen molar-refractivity contribution in [2.75, 3.05) is 18.5 Å². The predicted octanol–water partition coefficient (Wildman–Crippen LogP) is -0.561. The molecule has 0 aliphatic heterocycles. The van der Waals surface area contributed by atoms with Crippen LogP contribution in [0.2, 0.25) is 0 Å². The molecule has 1 aromatic carbocycles. The van der Waals surface area contributed by atoms with E-state index in [0.717, 1.165) is 0 Å². The first kappa shape index (κ1) is 12.0. The Morgan fingerprint density at radius 1 is 1.19 bits per heavy atom. The number of carbonyl (C=O) groups is 2. The van der Waals surface area contributed by atoms with Crippen molar-refractivity contribution in [3.63, 3.8) is 0 Å². The highest BCUT2D eigenvalue weighted by atomic mass is 16.3. The number of phenolic OH excluding ortho intramolecular Hbond substituents is 1. The molecule has 16 heavy (non-hydrogen) atoms. The van der Waals surface area contributed by atoms with Gasteiger partial charge in [-0.1, -0.05) is 12.1 Å². The Balaban J connectivity index is 2.58. The third-order valence-corrected chi connectivity index (χ3v) is 1.76. The number of hydrogen-bond acceptors (Lipinski definition) is 4. The van der Waals surface area contributed by atoms with Crippen molar-refractivity contribution in [1.29, 1.82) is 0 Å². The van der Waals surface area contributed by atoms with Crippen LogP contribution in [-0.2, 0) is 9.59 Å². The third kappa shape index (κ3) is 3.25. The van der Waals surface area contributed by atoms with Gasteiger partial charge in [-0.2, -0.15) is 0 Å². The molecular weight excluding hydrogens is 212 g/mol. The fourth-order valence-corrected chi connectivity index (χ4v) is 1.01. The van der Waals surface area contributed by atoms with E-state index in [1.54, 1.807) is 12.1 Å². The molecule has 0 fully saturated rings. The van der Waals surface area contributed by atoms with E-state index in [-0.39, 0.29) is 24.6 Å². The molecule has 6 nitrogen and oxygen atoms in total. The first-order chi connectivity index (χ1) is 7.65. The Morgan fingerprint density at radius 3 is 2.50 bits per heavy atom. The normalized spacial score (nSPS) is 9.56. The number of amides is 2. The smallest absolute Gasteiger partial charge is 0.313 e. The van der Waals surface area contributed by atoms with Gasteiger partial charge in [0.1, 0.15) is 5.75 Å². The molecule has 86 valence electrons. The summed E-state index contributed by atoms with van der Waals surface area (Å²) in [4.78, 5) is 22.4. The lowest BCUT2D eigenvalue weighted by Crippen LogP contribution is -2.36. The van der Waals surface area contributed by atoms with Gasteiger partial charge in [0.2, 0.25) is 0 Å². The molecule has 0 bridgehead atoms. The SMILES string of the molecule is O=C(NCCO)C(=O)Nc1ccccc1O. The summed E-state index contributed by atoms with van der Waals surface area (Å²) in [6.07, 6.45) is 0. The molecular formula is C10H12N2O4. The van der Waals surface area contributed by atoms with Crippen LogP contribution in [0.15, 0.2) is 24.3 Å². The summed E-state index contributed by atoms with van der Waals surface area (Å²) in [5.41, 5.74) is 0.159. The molecule has 0 saturated carbocycles. The van der Waals surface area contributed by atoms with Crippen LogP contribution >= 0.6 is 0 Å². The standard InChI is InChI=1S/C10H12N2O4/c13-6-5-11-9(15)10(16)12-7-3-1-2-4-8(7)14/h1-4,13-14H,5-6H2,(H,11,15)(H,12,16). The second kappa shape index (κ2) is 5.72. The molecule has 2 amide bonds. The summed E-state index contributed by atoms with van der Waals surface area (Å²) in [7, 11) is 0. The van der Waals surface area contributed by atoms with Crippen molar-refractivity contribution >= 4 is 17.5 Å². The minimum absolute atomic E-state index is 0.00697. The molecule has 0 heterocycles. The number of aliphatic hydroxyl groups excluding tert-OH is 1. The summed E-state index contributed by atoms with van der Waals surface area (Å²) in [6, 6.07) is 6.06. The number of aliphatic hydroxyl groups is 1. The topological polar surface area (TPSA) is 98.7 Å². The maximum absolute atomic E-state index is 11.3. The molecule has 1 rings (SSSR count). The molecule has 0 spiro atoms. The number of aromatic hydroxyl groups is 1. The molecule has 0 saturated heterocycles. The van der Waals surface area contributed by atoms with Gasteiger partial charge in [0.15, 0.2) is 0 Å². The van der Waals surface area contributed by atoms with Crippen molar-refractivity contribution in [2.24, 2.45) is 0 Å². The summed E-state index contributed by atoms with van der Waals surface area (Å²) >= 11 is 0. The number of benzene rings is 1. The van der Waals surface area contributed by atoms with Crippen LogP contribution in [0.3, 0.4) is 0 Å². The molecule has 0 aliphatic carbocycles. The van der Waals surface area contributed by atoms with E-state index in [2.05, 4.69) is 10.6 Å². The van der Waals surface area contributed by atoms with Gasteiger partial charge < -0.3 is 20.8 Å². The average molecular weight is 224 g/mol. The van der Waals surface area contributed by atoms with E-state index in [1.807, 2.05) is 0 Å². The molecule has 0 atom stereocenters. The van der Waals surface area contributed by atoms with E-state index >= 15 is 0 Å². The number of hydrogen-bond donors (Lipinski definition) is 4. The fraction of sp³-hybridized carbons (Fsp3) is 0.200. The number of rotatable bonds is 3.